The van der Waals surface area contributed by atoms with Gasteiger partial charge in [0, 0.05) is 45.8 Å². The maximum Gasteiger partial charge on any atom is 0.321 e. The summed E-state index contributed by atoms with van der Waals surface area (Å²) < 4.78 is 16.8. The molecule has 2 nitrogen and oxygen atoms in total. The van der Waals surface area contributed by atoms with E-state index in [1.54, 1.807) is 0 Å². The molecule has 4 heterocycles. The van der Waals surface area contributed by atoms with Gasteiger partial charge in [-0.1, -0.05) is 129 Å². The molecule has 1 unspecified atom stereocenters. The first kappa shape index (κ1) is 34.6. The van der Waals surface area contributed by atoms with Crippen molar-refractivity contribution in [1.82, 2.24) is 0 Å². The SMILES string of the molecule is CCC(CC)(c1ccc(C(C)(C(=O)OCc2ccccc2)c2ccc3c(c2)sc2c4ccccc4sc32)cc1)c1ccc2c(c1)sc1c3ccccc3sc21. The van der Waals surface area contributed by atoms with E-state index in [0.29, 0.717) is 0 Å². The van der Waals surface area contributed by atoms with Crippen LogP contribution in [0, 0.1) is 0 Å². The van der Waals surface area contributed by atoms with Crippen molar-refractivity contribution in [2.45, 2.75) is 51.0 Å². The van der Waals surface area contributed by atoms with Crippen molar-refractivity contribution in [2.24, 2.45) is 0 Å². The molecule has 0 saturated heterocycles. The zero-order valence-corrected chi connectivity index (χ0v) is 34.1. The third-order valence-electron chi connectivity index (χ3n) is 11.9. The molecular formula is C49H38O2S4. The van der Waals surface area contributed by atoms with Gasteiger partial charge in [0.05, 0.1) is 18.8 Å². The van der Waals surface area contributed by atoms with Gasteiger partial charge in [-0.25, -0.2) is 0 Å². The van der Waals surface area contributed by atoms with E-state index in [-0.39, 0.29) is 18.0 Å². The quantitative estimate of drug-likeness (QED) is 0.136. The van der Waals surface area contributed by atoms with E-state index in [9.17, 15) is 4.79 Å². The predicted octanol–water partition coefficient (Wildman–Crippen LogP) is 15.0. The minimum atomic E-state index is -1.02. The summed E-state index contributed by atoms with van der Waals surface area (Å²) in [5.41, 5.74) is 4.27. The average molecular weight is 787 g/mol. The van der Waals surface area contributed by atoms with Crippen molar-refractivity contribution in [1.29, 1.82) is 0 Å². The molecule has 4 aromatic heterocycles. The van der Waals surface area contributed by atoms with Gasteiger partial charge in [0.2, 0.25) is 0 Å². The maximum atomic E-state index is 14.5. The number of benzene rings is 6. The lowest BCUT2D eigenvalue weighted by atomic mass is 9.69. The summed E-state index contributed by atoms with van der Waals surface area (Å²) in [4.78, 5) is 14.5. The van der Waals surface area contributed by atoms with Gasteiger partial charge in [-0.3, -0.25) is 4.79 Å². The van der Waals surface area contributed by atoms with Gasteiger partial charge in [0.1, 0.15) is 12.0 Å². The third-order valence-corrected chi connectivity index (χ3v) is 17.0. The van der Waals surface area contributed by atoms with Crippen LogP contribution in [0.15, 0.2) is 140 Å². The third kappa shape index (κ3) is 5.41. The van der Waals surface area contributed by atoms with Crippen LogP contribution in [-0.4, -0.2) is 5.97 Å². The molecule has 0 fully saturated rings. The number of fused-ring (bicyclic) bond motifs is 10. The molecule has 0 amide bonds. The smallest absolute Gasteiger partial charge is 0.321 e. The molecule has 0 radical (unpaired) electrons. The molecule has 55 heavy (non-hydrogen) atoms. The van der Waals surface area contributed by atoms with Crippen LogP contribution in [0.2, 0.25) is 0 Å². The van der Waals surface area contributed by atoms with Crippen molar-refractivity contribution in [2.75, 3.05) is 0 Å². The van der Waals surface area contributed by atoms with Crippen LogP contribution < -0.4 is 0 Å². The van der Waals surface area contributed by atoms with E-state index in [1.165, 1.54) is 70.3 Å². The van der Waals surface area contributed by atoms with Crippen molar-refractivity contribution in [3.8, 4) is 0 Å². The first-order valence-corrected chi connectivity index (χ1v) is 22.2. The normalized spacial score (nSPS) is 13.4. The monoisotopic (exact) mass is 786 g/mol. The number of carbonyl (C=O) groups excluding carboxylic acids is 1. The van der Waals surface area contributed by atoms with Gasteiger partial charge in [-0.2, -0.15) is 0 Å². The fourth-order valence-electron chi connectivity index (χ4n) is 8.64. The van der Waals surface area contributed by atoms with Crippen LogP contribution in [0.3, 0.4) is 0 Å². The lowest BCUT2D eigenvalue weighted by Gasteiger charge is -2.34. The van der Waals surface area contributed by atoms with Crippen molar-refractivity contribution >= 4 is 110 Å². The zero-order valence-electron chi connectivity index (χ0n) is 30.8. The second kappa shape index (κ2) is 13.4. The van der Waals surface area contributed by atoms with Crippen molar-refractivity contribution < 1.29 is 9.53 Å². The molecule has 6 aromatic carbocycles. The van der Waals surface area contributed by atoms with Gasteiger partial charge >= 0.3 is 5.97 Å². The highest BCUT2D eigenvalue weighted by atomic mass is 32.1. The van der Waals surface area contributed by atoms with Crippen LogP contribution in [-0.2, 0) is 27.0 Å². The summed E-state index contributed by atoms with van der Waals surface area (Å²) in [5, 5.41) is 5.25. The van der Waals surface area contributed by atoms with Gasteiger partial charge < -0.3 is 4.74 Å². The molecule has 270 valence electrons. The summed E-state index contributed by atoms with van der Waals surface area (Å²) in [6.07, 6.45) is 1.93. The molecule has 0 bridgehead atoms. The van der Waals surface area contributed by atoms with Gasteiger partial charge in [-0.15, -0.1) is 45.3 Å². The van der Waals surface area contributed by atoms with E-state index in [0.717, 1.165) is 29.5 Å². The number of rotatable bonds is 9. The lowest BCUT2D eigenvalue weighted by Crippen LogP contribution is -2.36. The summed E-state index contributed by atoms with van der Waals surface area (Å²) in [6.45, 7) is 6.87. The Bertz CT molecular complexity index is 3050. The Morgan fingerprint density at radius 2 is 0.927 bits per heavy atom. The van der Waals surface area contributed by atoms with Crippen LogP contribution in [0.25, 0.3) is 59.1 Å². The summed E-state index contributed by atoms with van der Waals surface area (Å²) in [6, 6.07) is 50.0. The highest BCUT2D eigenvalue weighted by molar-refractivity contribution is 7.37. The second-order valence-electron chi connectivity index (χ2n) is 14.7. The maximum absolute atomic E-state index is 14.5. The Kier molecular flexibility index (Phi) is 8.45. The summed E-state index contributed by atoms with van der Waals surface area (Å²) in [5.74, 6) is -0.250. The Hall–Kier alpha value is -4.85. The number of ether oxygens (including phenoxy) is 1. The first-order chi connectivity index (χ1) is 26.9. The first-order valence-electron chi connectivity index (χ1n) is 18.9. The minimum Gasteiger partial charge on any atom is -0.460 e. The summed E-state index contributed by atoms with van der Waals surface area (Å²) in [7, 11) is 0. The van der Waals surface area contributed by atoms with E-state index >= 15 is 0 Å². The lowest BCUT2D eigenvalue weighted by molar-refractivity contribution is -0.149. The largest absolute Gasteiger partial charge is 0.460 e. The molecule has 6 heteroatoms. The number of hydrogen-bond donors (Lipinski definition) is 0. The Morgan fingerprint density at radius 3 is 1.49 bits per heavy atom. The molecule has 0 aliphatic rings. The molecule has 0 N–H and O–H groups in total. The van der Waals surface area contributed by atoms with Crippen LogP contribution in [0.5, 0.6) is 0 Å². The number of thiophene rings is 4. The van der Waals surface area contributed by atoms with Crippen LogP contribution in [0.1, 0.15) is 61.4 Å². The molecule has 0 aliphatic heterocycles. The van der Waals surface area contributed by atoms with E-state index in [2.05, 4.69) is 123 Å². The fraction of sp³-hybridized carbons (Fsp3) is 0.163. The molecule has 0 saturated carbocycles. The molecule has 10 aromatic rings. The van der Waals surface area contributed by atoms with Crippen LogP contribution in [0.4, 0.5) is 0 Å². The van der Waals surface area contributed by atoms with Gasteiger partial charge in [0.15, 0.2) is 0 Å². The molecule has 10 rings (SSSR count). The predicted molar refractivity (Wildman–Crippen MR) is 240 cm³/mol. The Morgan fingerprint density at radius 1 is 0.491 bits per heavy atom. The molecule has 0 spiro atoms. The van der Waals surface area contributed by atoms with Crippen molar-refractivity contribution in [3.05, 3.63) is 167 Å². The van der Waals surface area contributed by atoms with Gasteiger partial charge in [0.25, 0.3) is 0 Å². The number of hydrogen-bond acceptors (Lipinski definition) is 6. The van der Waals surface area contributed by atoms with Crippen molar-refractivity contribution in [3.63, 3.8) is 0 Å². The average Bonchev–Trinajstić information content (AvgIpc) is 3.99. The summed E-state index contributed by atoms with van der Waals surface area (Å²) >= 11 is 7.48. The minimum absolute atomic E-state index is 0.166. The standard InChI is InChI=1S/C49H38O2S4/c1-4-49(5-2,34-24-26-38-42(28-34)55-44-36-16-10-12-18-40(36)53-46(38)44)32-21-19-31(20-22-32)48(3,47(50)51-29-30-13-7-6-8-14-30)33-23-25-37-41(27-33)54-43-35-15-9-11-17-39(35)52-45(37)43/h6-28H,4-5,29H2,1-3H3. The van der Waals surface area contributed by atoms with Crippen LogP contribution >= 0.6 is 45.3 Å². The highest BCUT2D eigenvalue weighted by Gasteiger charge is 2.40. The molecular weight excluding hydrogens is 749 g/mol. The van der Waals surface area contributed by atoms with E-state index in [1.807, 2.05) is 82.6 Å². The number of carbonyl (C=O) groups is 1. The fourth-order valence-corrected chi connectivity index (χ4v) is 14.0. The topological polar surface area (TPSA) is 26.3 Å². The number of esters is 1. The Balaban J connectivity index is 1.05. The molecule has 1 atom stereocenters. The molecule has 0 aliphatic carbocycles. The zero-order chi connectivity index (χ0) is 37.3. The van der Waals surface area contributed by atoms with E-state index in [4.69, 9.17) is 4.74 Å². The second-order valence-corrected chi connectivity index (χ2v) is 18.9. The van der Waals surface area contributed by atoms with Gasteiger partial charge in [-0.05, 0) is 71.8 Å². The highest BCUT2D eigenvalue weighted by Crippen LogP contribution is 2.49. The van der Waals surface area contributed by atoms with E-state index < -0.39 is 5.41 Å². The Labute approximate surface area is 336 Å².